The highest BCUT2D eigenvalue weighted by Crippen LogP contribution is 2.34. The predicted octanol–water partition coefficient (Wildman–Crippen LogP) is 3.78. The zero-order valence-corrected chi connectivity index (χ0v) is 12.1. The van der Waals surface area contributed by atoms with Gasteiger partial charge in [0.1, 0.15) is 0 Å². The predicted molar refractivity (Wildman–Crippen MR) is 71.7 cm³/mol. The van der Waals surface area contributed by atoms with Gasteiger partial charge in [-0.15, -0.1) is 0 Å². The Hall–Kier alpha value is 0.310. The molecule has 1 nitrogen and oxygen atoms in total. The summed E-state index contributed by atoms with van der Waals surface area (Å²) in [6, 6.07) is 0. The first-order valence-electron chi connectivity index (χ1n) is 6.11. The summed E-state index contributed by atoms with van der Waals surface area (Å²) in [5, 5.41) is 0.878. The third kappa shape index (κ3) is 4.78. The monoisotopic (exact) mass is 229 g/mol. The molecule has 0 aromatic heterocycles. The average Bonchev–Trinajstić information content (AvgIpc) is 2.00. The van der Waals surface area contributed by atoms with E-state index in [9.17, 15) is 0 Å². The van der Waals surface area contributed by atoms with E-state index in [1.165, 1.54) is 25.9 Å². The highest BCUT2D eigenvalue weighted by molar-refractivity contribution is 8.01. The van der Waals surface area contributed by atoms with Gasteiger partial charge in [-0.3, -0.25) is 4.90 Å². The third-order valence-electron chi connectivity index (χ3n) is 2.91. The molecule has 0 N–H and O–H groups in total. The summed E-state index contributed by atoms with van der Waals surface area (Å²) in [5.41, 5.74) is 0.359. The first-order valence-corrected chi connectivity index (χ1v) is 6.99. The van der Waals surface area contributed by atoms with E-state index in [0.29, 0.717) is 10.3 Å². The van der Waals surface area contributed by atoms with Crippen LogP contribution in [-0.2, 0) is 0 Å². The van der Waals surface area contributed by atoms with Gasteiger partial charge in [-0.25, -0.2) is 0 Å². The Labute approximate surface area is 100.0 Å². The molecule has 1 saturated heterocycles. The minimum absolute atomic E-state index is 0.359. The van der Waals surface area contributed by atoms with Crippen LogP contribution >= 0.6 is 11.8 Å². The molecule has 1 heterocycles. The summed E-state index contributed by atoms with van der Waals surface area (Å²) in [6.45, 7) is 16.5. The van der Waals surface area contributed by atoms with Crippen molar-refractivity contribution in [2.45, 2.75) is 69.9 Å². The Bertz CT molecular complexity index is 192. The van der Waals surface area contributed by atoms with Gasteiger partial charge in [0.2, 0.25) is 0 Å². The molecule has 0 radical (unpaired) electrons. The van der Waals surface area contributed by atoms with E-state index < -0.39 is 0 Å². The molecule has 1 aliphatic rings. The smallest absolute Gasteiger partial charge is 0.0125 e. The number of likely N-dealkylation sites (tertiary alicyclic amines) is 1. The Morgan fingerprint density at radius 1 is 0.933 bits per heavy atom. The maximum Gasteiger partial charge on any atom is 0.0125 e. The minimum Gasteiger partial charge on any atom is -0.298 e. The SMILES string of the molecule is CC(C)(C)SC1CCN(C(C)(C)C)CC1. The first kappa shape index (κ1) is 13.4. The molecule has 1 rings (SSSR count). The number of thioether (sulfide) groups is 1. The van der Waals surface area contributed by atoms with E-state index in [0.717, 1.165) is 5.25 Å². The van der Waals surface area contributed by atoms with Crippen LogP contribution in [0.4, 0.5) is 0 Å². The highest BCUT2D eigenvalue weighted by Gasteiger charge is 2.29. The topological polar surface area (TPSA) is 3.24 Å². The molecular formula is C13H27NS. The summed E-state index contributed by atoms with van der Waals surface area (Å²) in [6.07, 6.45) is 2.72. The number of hydrogen-bond acceptors (Lipinski definition) is 2. The van der Waals surface area contributed by atoms with Crippen LogP contribution < -0.4 is 0 Å². The molecular weight excluding hydrogens is 202 g/mol. The Kier molecular flexibility index (Phi) is 4.16. The second-order valence-electron chi connectivity index (χ2n) is 6.59. The van der Waals surface area contributed by atoms with Crippen molar-refractivity contribution in [3.05, 3.63) is 0 Å². The summed E-state index contributed by atoms with van der Waals surface area (Å²) in [4.78, 5) is 2.62. The van der Waals surface area contributed by atoms with E-state index in [1.54, 1.807) is 0 Å². The van der Waals surface area contributed by atoms with Crippen LogP contribution in [0, 0.1) is 0 Å². The van der Waals surface area contributed by atoms with Crippen molar-refractivity contribution in [3.8, 4) is 0 Å². The van der Waals surface area contributed by atoms with Crippen molar-refractivity contribution >= 4 is 11.8 Å². The van der Waals surface area contributed by atoms with Crippen molar-refractivity contribution in [2.75, 3.05) is 13.1 Å². The summed E-state index contributed by atoms with van der Waals surface area (Å²) in [7, 11) is 0. The number of piperidine rings is 1. The van der Waals surface area contributed by atoms with Gasteiger partial charge in [0.05, 0.1) is 0 Å². The normalized spacial score (nSPS) is 22.0. The molecule has 0 aromatic rings. The fraction of sp³-hybridized carbons (Fsp3) is 1.00. The molecule has 2 heteroatoms. The molecule has 0 unspecified atom stereocenters. The first-order chi connectivity index (χ1) is 6.68. The molecule has 0 bridgehead atoms. The van der Waals surface area contributed by atoms with Gasteiger partial charge >= 0.3 is 0 Å². The fourth-order valence-corrected chi connectivity index (χ4v) is 3.59. The Morgan fingerprint density at radius 3 is 1.73 bits per heavy atom. The molecule has 15 heavy (non-hydrogen) atoms. The van der Waals surface area contributed by atoms with Crippen LogP contribution in [0.1, 0.15) is 54.4 Å². The molecule has 0 saturated carbocycles. The standard InChI is InChI=1S/C13H27NS/c1-12(2,3)14-9-7-11(8-10-14)15-13(4,5)6/h11H,7-10H2,1-6H3. The largest absolute Gasteiger partial charge is 0.298 e. The minimum atomic E-state index is 0.359. The van der Waals surface area contributed by atoms with Crippen LogP contribution in [-0.4, -0.2) is 33.5 Å². The zero-order chi connectivity index (χ0) is 11.7. The average molecular weight is 229 g/mol. The van der Waals surface area contributed by atoms with Crippen LogP contribution in [0.3, 0.4) is 0 Å². The van der Waals surface area contributed by atoms with E-state index in [2.05, 4.69) is 58.2 Å². The van der Waals surface area contributed by atoms with E-state index in [1.807, 2.05) is 0 Å². The molecule has 0 spiro atoms. The molecule has 90 valence electrons. The number of nitrogens with zero attached hydrogens (tertiary/aromatic N) is 1. The third-order valence-corrected chi connectivity index (χ3v) is 4.42. The highest BCUT2D eigenvalue weighted by atomic mass is 32.2. The fourth-order valence-electron chi connectivity index (χ4n) is 2.14. The molecule has 0 aromatic carbocycles. The van der Waals surface area contributed by atoms with Crippen LogP contribution in [0.5, 0.6) is 0 Å². The zero-order valence-electron chi connectivity index (χ0n) is 11.3. The quantitative estimate of drug-likeness (QED) is 0.673. The summed E-state index contributed by atoms with van der Waals surface area (Å²) >= 11 is 2.16. The Morgan fingerprint density at radius 2 is 1.40 bits per heavy atom. The maximum absolute atomic E-state index is 2.62. The van der Waals surface area contributed by atoms with Gasteiger partial charge in [-0.1, -0.05) is 20.8 Å². The van der Waals surface area contributed by atoms with Crippen molar-refractivity contribution in [1.82, 2.24) is 4.90 Å². The van der Waals surface area contributed by atoms with Crippen LogP contribution in [0.15, 0.2) is 0 Å². The van der Waals surface area contributed by atoms with E-state index in [4.69, 9.17) is 0 Å². The molecule has 0 aliphatic carbocycles. The number of hydrogen-bond donors (Lipinski definition) is 0. The van der Waals surface area contributed by atoms with Crippen molar-refractivity contribution in [1.29, 1.82) is 0 Å². The van der Waals surface area contributed by atoms with Crippen molar-refractivity contribution < 1.29 is 0 Å². The maximum atomic E-state index is 2.62. The number of rotatable bonds is 1. The van der Waals surface area contributed by atoms with Gasteiger partial charge < -0.3 is 0 Å². The summed E-state index contributed by atoms with van der Waals surface area (Å²) in [5.74, 6) is 0. The van der Waals surface area contributed by atoms with Gasteiger partial charge in [-0.2, -0.15) is 11.8 Å². The molecule has 1 aliphatic heterocycles. The lowest BCUT2D eigenvalue weighted by Gasteiger charge is -2.41. The lowest BCUT2D eigenvalue weighted by molar-refractivity contribution is 0.113. The van der Waals surface area contributed by atoms with E-state index >= 15 is 0 Å². The van der Waals surface area contributed by atoms with Crippen molar-refractivity contribution in [3.63, 3.8) is 0 Å². The van der Waals surface area contributed by atoms with Crippen LogP contribution in [0.2, 0.25) is 0 Å². The molecule has 1 fully saturated rings. The molecule has 0 amide bonds. The summed E-state index contributed by atoms with van der Waals surface area (Å²) < 4.78 is 0.425. The lowest BCUT2D eigenvalue weighted by Crippen LogP contribution is -2.47. The van der Waals surface area contributed by atoms with Crippen LogP contribution in [0.25, 0.3) is 0 Å². The van der Waals surface area contributed by atoms with Gasteiger partial charge in [-0.05, 0) is 46.7 Å². The van der Waals surface area contributed by atoms with E-state index in [-0.39, 0.29) is 0 Å². The Balaban J connectivity index is 2.37. The van der Waals surface area contributed by atoms with Crippen molar-refractivity contribution in [2.24, 2.45) is 0 Å². The van der Waals surface area contributed by atoms with Gasteiger partial charge in [0.15, 0.2) is 0 Å². The second kappa shape index (κ2) is 4.67. The lowest BCUT2D eigenvalue weighted by atomic mass is 10.0. The van der Waals surface area contributed by atoms with Gasteiger partial charge in [0.25, 0.3) is 0 Å². The van der Waals surface area contributed by atoms with Gasteiger partial charge in [0, 0.05) is 15.5 Å². The molecule has 0 atom stereocenters. The second-order valence-corrected chi connectivity index (χ2v) is 8.71.